The van der Waals surface area contributed by atoms with Crippen LogP contribution in [0, 0.1) is 0 Å². The molecule has 6 heteroatoms. The maximum absolute atomic E-state index is 11.5. The van der Waals surface area contributed by atoms with Gasteiger partial charge >= 0.3 is 6.18 Å². The summed E-state index contributed by atoms with van der Waals surface area (Å²) in [6.45, 7) is 0. The Labute approximate surface area is 58.7 Å². The summed E-state index contributed by atoms with van der Waals surface area (Å²) in [4.78, 5) is 0. The van der Waals surface area contributed by atoms with E-state index in [-0.39, 0.29) is 0 Å². The highest BCUT2D eigenvalue weighted by molar-refractivity contribution is 6.29. The molecule has 0 bridgehead atoms. The number of halogens is 6. The van der Waals surface area contributed by atoms with Crippen LogP contribution in [0.15, 0.2) is 0 Å². The molecule has 0 fully saturated rings. The molecule has 0 aromatic carbocycles. The van der Waals surface area contributed by atoms with Crippen molar-refractivity contribution >= 4 is 23.2 Å². The van der Waals surface area contributed by atoms with Crippen LogP contribution in [0.25, 0.3) is 0 Å². The van der Waals surface area contributed by atoms with Gasteiger partial charge in [0.25, 0.3) is 0 Å². The predicted octanol–water partition coefficient (Wildman–Crippen LogP) is 2.69. The Balaban J connectivity index is 3.88. The van der Waals surface area contributed by atoms with Crippen molar-refractivity contribution in [3.05, 3.63) is 0 Å². The highest BCUT2D eigenvalue weighted by atomic mass is 35.5. The highest BCUT2D eigenvalue weighted by Gasteiger charge is 2.43. The quantitative estimate of drug-likeness (QED) is 0.435. The minimum atomic E-state index is -4.76. The van der Waals surface area contributed by atoms with Crippen LogP contribution in [0.4, 0.5) is 17.6 Å². The van der Waals surface area contributed by atoms with Crippen molar-refractivity contribution in [3.8, 4) is 0 Å². The molecule has 0 aliphatic carbocycles. The van der Waals surface area contributed by atoms with Gasteiger partial charge in [0.05, 0.1) is 0 Å². The molecule has 0 aliphatic heterocycles. The number of hydrogen-bond acceptors (Lipinski definition) is 0. The van der Waals surface area contributed by atoms with Gasteiger partial charge in [0.15, 0.2) is 11.0 Å². The summed E-state index contributed by atoms with van der Waals surface area (Å²) in [5.74, 6) is 0. The summed E-state index contributed by atoms with van der Waals surface area (Å²) < 4.78 is 45.2. The molecule has 0 saturated carbocycles. The molecule has 2 atom stereocenters. The Morgan fingerprint density at radius 2 is 1.44 bits per heavy atom. The van der Waals surface area contributed by atoms with Crippen LogP contribution in [-0.4, -0.2) is 17.2 Å². The maximum atomic E-state index is 11.5. The normalized spacial score (nSPS) is 19.3. The van der Waals surface area contributed by atoms with Crippen LogP contribution in [0.3, 0.4) is 0 Å². The summed E-state index contributed by atoms with van der Waals surface area (Å²) in [6, 6.07) is 0. The van der Waals surface area contributed by atoms with Crippen LogP contribution >= 0.6 is 23.2 Å². The first-order valence-electron chi connectivity index (χ1n) is 1.84. The topological polar surface area (TPSA) is 0 Å². The van der Waals surface area contributed by atoms with Crippen molar-refractivity contribution in [2.45, 2.75) is 17.2 Å². The Kier molecular flexibility index (Phi) is 3.02. The maximum Gasteiger partial charge on any atom is 0.409 e. The largest absolute Gasteiger partial charge is 0.409 e. The molecule has 0 amide bonds. The second kappa shape index (κ2) is 2.92. The first kappa shape index (κ1) is 9.30. The lowest BCUT2D eigenvalue weighted by Crippen LogP contribution is -2.29. The SMILES string of the molecule is F[C@H](Cl)[C@@H](Cl)C(F)(F)F. The number of hydrogen-bond donors (Lipinski definition) is 0. The smallest absolute Gasteiger partial charge is 0.228 e. The van der Waals surface area contributed by atoms with E-state index in [1.165, 1.54) is 0 Å². The predicted molar refractivity (Wildman–Crippen MR) is 26.4 cm³/mol. The minimum absolute atomic E-state index is 2.58. The van der Waals surface area contributed by atoms with Crippen LogP contribution in [0.1, 0.15) is 0 Å². The van der Waals surface area contributed by atoms with E-state index >= 15 is 0 Å². The van der Waals surface area contributed by atoms with E-state index in [1.54, 1.807) is 0 Å². The third-order valence-corrected chi connectivity index (χ3v) is 1.38. The fourth-order valence-electron chi connectivity index (χ4n) is 0.143. The molecule has 0 nitrogen and oxygen atoms in total. The van der Waals surface area contributed by atoms with Gasteiger partial charge in [0.1, 0.15) is 0 Å². The highest BCUT2D eigenvalue weighted by Crippen LogP contribution is 2.30. The monoisotopic (exact) mass is 184 g/mol. The molecule has 0 unspecified atom stereocenters. The van der Waals surface area contributed by atoms with Gasteiger partial charge < -0.3 is 0 Å². The first-order valence-corrected chi connectivity index (χ1v) is 2.72. The van der Waals surface area contributed by atoms with Crippen molar-refractivity contribution in [2.75, 3.05) is 0 Å². The van der Waals surface area contributed by atoms with Crippen molar-refractivity contribution in [1.82, 2.24) is 0 Å². The van der Waals surface area contributed by atoms with Gasteiger partial charge in [-0.05, 0) is 0 Å². The average molecular weight is 185 g/mol. The zero-order chi connectivity index (χ0) is 7.65. The molecular formula is C3H2Cl2F4. The van der Waals surface area contributed by atoms with Gasteiger partial charge in [0, 0.05) is 0 Å². The second-order valence-corrected chi connectivity index (χ2v) is 2.16. The van der Waals surface area contributed by atoms with E-state index in [4.69, 9.17) is 0 Å². The van der Waals surface area contributed by atoms with Crippen molar-refractivity contribution in [2.24, 2.45) is 0 Å². The Morgan fingerprint density at radius 3 is 1.44 bits per heavy atom. The molecule has 0 aromatic rings. The van der Waals surface area contributed by atoms with Crippen LogP contribution < -0.4 is 0 Å². The standard InChI is InChI=1S/C3H2Cl2F4/c4-1(2(5)6)3(7,8)9/h1-2H/t1-,2+/m1/s1. The lowest BCUT2D eigenvalue weighted by Gasteiger charge is -2.11. The minimum Gasteiger partial charge on any atom is -0.228 e. The third-order valence-electron chi connectivity index (χ3n) is 0.534. The average Bonchev–Trinajstić information content (AvgIpc) is 1.62. The van der Waals surface area contributed by atoms with E-state index in [9.17, 15) is 17.6 Å². The summed E-state index contributed by atoms with van der Waals surface area (Å²) in [5.41, 5.74) is -2.58. The lowest BCUT2D eigenvalue weighted by molar-refractivity contribution is -0.136. The van der Waals surface area contributed by atoms with Crippen LogP contribution in [-0.2, 0) is 0 Å². The lowest BCUT2D eigenvalue weighted by atomic mass is 10.4. The molecule has 0 spiro atoms. The van der Waals surface area contributed by atoms with Gasteiger partial charge in [-0.15, -0.1) is 11.6 Å². The summed E-state index contributed by atoms with van der Waals surface area (Å²) in [6.07, 6.45) is -4.76. The van der Waals surface area contributed by atoms with E-state index < -0.39 is 17.2 Å². The van der Waals surface area contributed by atoms with Gasteiger partial charge in [-0.25, -0.2) is 4.39 Å². The second-order valence-electron chi connectivity index (χ2n) is 1.28. The molecule has 56 valence electrons. The fourth-order valence-corrected chi connectivity index (χ4v) is 0.286. The molecule has 0 aliphatic rings. The fraction of sp³-hybridized carbons (Fsp3) is 1.00. The van der Waals surface area contributed by atoms with E-state index in [0.29, 0.717) is 0 Å². The van der Waals surface area contributed by atoms with E-state index in [1.807, 2.05) is 0 Å². The zero-order valence-corrected chi connectivity index (χ0v) is 5.43. The third kappa shape index (κ3) is 3.11. The van der Waals surface area contributed by atoms with Crippen molar-refractivity contribution in [1.29, 1.82) is 0 Å². The van der Waals surface area contributed by atoms with Gasteiger partial charge in [0.2, 0.25) is 0 Å². The molecule has 0 N–H and O–H groups in total. The Morgan fingerprint density at radius 1 is 1.11 bits per heavy atom. The molecule has 0 heterocycles. The zero-order valence-electron chi connectivity index (χ0n) is 3.92. The Hall–Kier alpha value is 0.300. The molecule has 0 radical (unpaired) electrons. The first-order chi connectivity index (χ1) is 3.85. The summed E-state index contributed by atoms with van der Waals surface area (Å²) >= 11 is 8.85. The molecule has 0 aromatic heterocycles. The van der Waals surface area contributed by atoms with Gasteiger partial charge in [-0.2, -0.15) is 13.2 Å². The van der Waals surface area contributed by atoms with Crippen LogP contribution in [0.5, 0.6) is 0 Å². The Bertz CT molecular complexity index is 88.3. The van der Waals surface area contributed by atoms with Crippen molar-refractivity contribution < 1.29 is 17.6 Å². The summed E-state index contributed by atoms with van der Waals surface area (Å²) in [7, 11) is 0. The van der Waals surface area contributed by atoms with Gasteiger partial charge in [-0.1, -0.05) is 11.6 Å². The van der Waals surface area contributed by atoms with Crippen LogP contribution in [0.2, 0.25) is 0 Å². The summed E-state index contributed by atoms with van der Waals surface area (Å²) in [5, 5.41) is -2.61. The van der Waals surface area contributed by atoms with Crippen molar-refractivity contribution in [3.63, 3.8) is 0 Å². The van der Waals surface area contributed by atoms with E-state index in [2.05, 4.69) is 23.2 Å². The molecule has 9 heavy (non-hydrogen) atoms. The molecular weight excluding hydrogens is 183 g/mol. The molecule has 0 rings (SSSR count). The number of alkyl halides is 6. The van der Waals surface area contributed by atoms with E-state index in [0.717, 1.165) is 0 Å². The van der Waals surface area contributed by atoms with Gasteiger partial charge in [-0.3, -0.25) is 0 Å². The molecule has 0 saturated heterocycles. The number of rotatable bonds is 1.